The lowest BCUT2D eigenvalue weighted by Gasteiger charge is -2.39. The second-order valence-electron chi connectivity index (χ2n) is 6.20. The average molecular weight is 369 g/mol. The zero-order valence-electron chi connectivity index (χ0n) is 16.2. The average Bonchev–Trinajstić information content (AvgIpc) is 2.62. The maximum atomic E-state index is 12.5. The first-order valence-electron chi connectivity index (χ1n) is 9.09. The molecule has 0 saturated heterocycles. The van der Waals surface area contributed by atoms with Crippen molar-refractivity contribution in [3.05, 3.63) is 35.9 Å². The lowest BCUT2D eigenvalue weighted by molar-refractivity contribution is -0.0797. The van der Waals surface area contributed by atoms with Gasteiger partial charge in [-0.2, -0.15) is 0 Å². The normalized spacial score (nSPS) is 12.2. The van der Waals surface area contributed by atoms with Gasteiger partial charge in [-0.1, -0.05) is 58.2 Å². The fraction of sp³-hybridized carbons (Fsp3) is 0.632. The van der Waals surface area contributed by atoms with Gasteiger partial charge >= 0.3 is 15.0 Å². The molecule has 0 unspecified atom stereocenters. The molecule has 0 saturated carbocycles. The maximum Gasteiger partial charge on any atom is 0.751 e. The molecule has 0 aliphatic rings. The van der Waals surface area contributed by atoms with Crippen molar-refractivity contribution in [3.63, 3.8) is 0 Å². The van der Waals surface area contributed by atoms with Crippen molar-refractivity contribution in [1.82, 2.24) is 0 Å². The summed E-state index contributed by atoms with van der Waals surface area (Å²) in [5.74, 6) is -0.491. The largest absolute Gasteiger partial charge is 0.751 e. The van der Waals surface area contributed by atoms with E-state index in [9.17, 15) is 4.79 Å². The van der Waals surface area contributed by atoms with Crippen molar-refractivity contribution in [2.24, 2.45) is 0 Å². The van der Waals surface area contributed by atoms with Crippen molar-refractivity contribution < 1.29 is 22.5 Å². The third kappa shape index (κ3) is 6.22. The van der Waals surface area contributed by atoms with Gasteiger partial charge in [-0.3, -0.25) is 0 Å². The van der Waals surface area contributed by atoms with Crippen molar-refractivity contribution in [3.8, 4) is 0 Å². The second-order valence-corrected chi connectivity index (χ2v) is 8.42. The highest BCUT2D eigenvalue weighted by molar-refractivity contribution is 6.56. The van der Waals surface area contributed by atoms with E-state index in [0.717, 1.165) is 38.5 Å². The lowest BCUT2D eigenvalue weighted by Crippen LogP contribution is -2.55. The van der Waals surface area contributed by atoms with Crippen LogP contribution < -0.4 is 0 Å². The minimum atomic E-state index is -3.59. The van der Waals surface area contributed by atoms with Crippen molar-refractivity contribution in [2.45, 2.75) is 64.9 Å². The summed E-state index contributed by atoms with van der Waals surface area (Å²) < 4.78 is 23.1. The van der Waals surface area contributed by atoms with Crippen LogP contribution in [0.4, 0.5) is 0 Å². The summed E-state index contributed by atoms with van der Waals surface area (Å²) in [7, 11) is -0.636. The van der Waals surface area contributed by atoms with Crippen LogP contribution >= 0.6 is 0 Å². The predicted octanol–water partition coefficient (Wildman–Crippen LogP) is 4.73. The predicted molar refractivity (Wildman–Crippen MR) is 100 cm³/mol. The molecule has 0 radical (unpaired) electrons. The first-order valence-corrected chi connectivity index (χ1v) is 10.7. The van der Waals surface area contributed by atoms with Crippen LogP contribution in [0.25, 0.3) is 0 Å². The van der Waals surface area contributed by atoms with E-state index < -0.39 is 20.6 Å². The first-order chi connectivity index (χ1) is 12.0. The third-order valence-electron chi connectivity index (χ3n) is 4.19. The van der Waals surface area contributed by atoms with E-state index in [2.05, 4.69) is 20.8 Å². The van der Waals surface area contributed by atoms with Gasteiger partial charge in [0.15, 0.2) is 0 Å². The molecule has 0 fully saturated rings. The van der Waals surface area contributed by atoms with Crippen molar-refractivity contribution in [1.29, 1.82) is 0 Å². The van der Waals surface area contributed by atoms with Crippen LogP contribution in [-0.2, 0) is 17.7 Å². The summed E-state index contributed by atoms with van der Waals surface area (Å²) in [6, 6.07) is 8.82. The molecule has 0 bridgehead atoms. The molecule has 1 rings (SSSR count). The van der Waals surface area contributed by atoms with Crippen LogP contribution in [0.15, 0.2) is 30.3 Å². The summed E-state index contributed by atoms with van der Waals surface area (Å²) in [6.45, 7) is 6.38. The van der Waals surface area contributed by atoms with Gasteiger partial charge < -0.3 is 17.7 Å². The van der Waals surface area contributed by atoms with Crippen LogP contribution in [-0.4, -0.2) is 34.8 Å². The molecule has 0 N–H and O–H groups in total. The van der Waals surface area contributed by atoms with Crippen molar-refractivity contribution in [2.75, 3.05) is 14.2 Å². The molecule has 1 aromatic carbocycles. The van der Waals surface area contributed by atoms with E-state index in [4.69, 9.17) is 17.7 Å². The molecule has 0 aromatic heterocycles. The monoisotopic (exact) mass is 368 g/mol. The van der Waals surface area contributed by atoms with Crippen molar-refractivity contribution >= 4 is 15.0 Å². The number of rotatable bonds is 12. The molecule has 1 aromatic rings. The molecule has 0 heterocycles. The van der Waals surface area contributed by atoms with Gasteiger partial charge in [0, 0.05) is 14.2 Å². The zero-order chi connectivity index (χ0) is 18.8. The molecule has 0 spiro atoms. The van der Waals surface area contributed by atoms with E-state index in [1.165, 1.54) is 14.2 Å². The Balaban J connectivity index is 3.06. The minimum absolute atomic E-state index is 0.395. The zero-order valence-corrected chi connectivity index (χ0v) is 17.2. The highest BCUT2D eigenvalue weighted by atomic mass is 28.4. The van der Waals surface area contributed by atoms with Gasteiger partial charge in [-0.05, 0) is 31.4 Å². The van der Waals surface area contributed by atoms with E-state index in [1.807, 2.05) is 6.07 Å². The van der Waals surface area contributed by atoms with Crippen LogP contribution in [0.5, 0.6) is 0 Å². The molecule has 0 amide bonds. The summed E-state index contributed by atoms with van der Waals surface area (Å²) in [4.78, 5) is 12.5. The molecule has 6 heteroatoms. The topological polar surface area (TPSA) is 54.0 Å². The molecule has 0 atom stereocenters. The van der Waals surface area contributed by atoms with Crippen LogP contribution in [0, 0.1) is 0 Å². The molecule has 0 aliphatic heterocycles. The maximum absolute atomic E-state index is 12.5. The number of carbonyl (C=O) groups excluding carboxylic acids is 1. The molecular formula is C19H32O5Si. The molecule has 5 nitrogen and oxygen atoms in total. The highest BCUT2D eigenvalue weighted by Gasteiger charge is 2.53. The molecule has 0 aliphatic carbocycles. The minimum Gasteiger partial charge on any atom is -0.448 e. The van der Waals surface area contributed by atoms with E-state index in [1.54, 1.807) is 24.3 Å². The Hall–Kier alpha value is -1.21. The standard InChI is InChI=1S/C19H32O5Si/c1-6-14-19(15-7-2,16-8-3)24-25(21-4,22-5)23-18(20)17-12-10-9-11-13-17/h9-13H,6-8,14-16H2,1-5H3. The number of hydrogen-bond acceptors (Lipinski definition) is 5. The van der Waals surface area contributed by atoms with Gasteiger partial charge in [0.2, 0.25) is 0 Å². The number of benzene rings is 1. The van der Waals surface area contributed by atoms with Gasteiger partial charge in [0.1, 0.15) is 0 Å². The summed E-state index contributed by atoms with van der Waals surface area (Å²) >= 11 is 0. The molecule has 25 heavy (non-hydrogen) atoms. The first kappa shape index (κ1) is 21.8. The van der Waals surface area contributed by atoms with Crippen LogP contribution in [0.1, 0.15) is 69.7 Å². The smallest absolute Gasteiger partial charge is 0.448 e. The van der Waals surface area contributed by atoms with Crippen LogP contribution in [0.2, 0.25) is 0 Å². The van der Waals surface area contributed by atoms with Crippen LogP contribution in [0.3, 0.4) is 0 Å². The fourth-order valence-electron chi connectivity index (χ4n) is 3.18. The second kappa shape index (κ2) is 10.7. The van der Waals surface area contributed by atoms with Gasteiger partial charge in [-0.25, -0.2) is 4.79 Å². The Morgan fingerprint density at radius 1 is 0.920 bits per heavy atom. The lowest BCUT2D eigenvalue weighted by atomic mass is 9.88. The fourth-order valence-corrected chi connectivity index (χ4v) is 4.90. The Kier molecular flexibility index (Phi) is 9.35. The van der Waals surface area contributed by atoms with E-state index in [0.29, 0.717) is 5.56 Å². The van der Waals surface area contributed by atoms with Gasteiger partial charge in [0.05, 0.1) is 11.2 Å². The Morgan fingerprint density at radius 3 is 1.80 bits per heavy atom. The quantitative estimate of drug-likeness (QED) is 0.499. The Morgan fingerprint density at radius 2 is 1.40 bits per heavy atom. The summed E-state index contributed by atoms with van der Waals surface area (Å²) in [5, 5.41) is 0. The number of hydrogen-bond donors (Lipinski definition) is 0. The number of carbonyl (C=O) groups is 1. The molecule has 142 valence electrons. The third-order valence-corrected chi connectivity index (χ3v) is 6.30. The Bertz CT molecular complexity index is 485. The van der Waals surface area contributed by atoms with Gasteiger partial charge in [0.25, 0.3) is 0 Å². The Labute approximate surface area is 153 Å². The SMILES string of the molecule is CCCC(CCC)(CCC)O[Si](OC)(OC)OC(=O)c1ccccc1. The van der Waals surface area contributed by atoms with E-state index in [-0.39, 0.29) is 0 Å². The van der Waals surface area contributed by atoms with Gasteiger partial charge in [-0.15, -0.1) is 0 Å². The van der Waals surface area contributed by atoms with E-state index >= 15 is 0 Å². The summed E-state index contributed by atoms with van der Waals surface area (Å²) in [6.07, 6.45) is 5.55. The molecular weight excluding hydrogens is 336 g/mol. The highest BCUT2D eigenvalue weighted by Crippen LogP contribution is 2.34. The summed E-state index contributed by atoms with van der Waals surface area (Å²) in [5.41, 5.74) is 0.0529.